The van der Waals surface area contributed by atoms with Gasteiger partial charge < -0.3 is 11.1 Å². The number of carbonyl (C=O) groups is 1. The third kappa shape index (κ3) is 3.13. The Morgan fingerprint density at radius 1 is 1.44 bits per heavy atom. The number of anilines is 1. The van der Waals surface area contributed by atoms with Gasteiger partial charge in [0.15, 0.2) is 0 Å². The molecule has 1 aromatic rings. The van der Waals surface area contributed by atoms with Crippen LogP contribution in [0.5, 0.6) is 0 Å². The van der Waals surface area contributed by atoms with Crippen LogP contribution in [0.15, 0.2) is 36.4 Å². The number of hydrogen-bond donors (Lipinski definition) is 2. The second kappa shape index (κ2) is 5.71. The third-order valence-electron chi connectivity index (χ3n) is 3.43. The van der Waals surface area contributed by atoms with Crippen LogP contribution in [-0.2, 0) is 4.79 Å². The summed E-state index contributed by atoms with van der Waals surface area (Å²) in [7, 11) is 0. The van der Waals surface area contributed by atoms with Gasteiger partial charge in [-0.25, -0.2) is 0 Å². The lowest BCUT2D eigenvalue weighted by Crippen LogP contribution is -2.41. The van der Waals surface area contributed by atoms with Gasteiger partial charge >= 0.3 is 0 Å². The quantitative estimate of drug-likeness (QED) is 0.800. The monoisotopic (exact) mass is 244 g/mol. The van der Waals surface area contributed by atoms with E-state index in [2.05, 4.69) is 17.5 Å². The highest BCUT2D eigenvalue weighted by atomic mass is 16.1. The highest BCUT2D eigenvalue weighted by Gasteiger charge is 2.26. The number of carbonyl (C=O) groups excluding carboxylic acids is 1. The predicted octanol–water partition coefficient (Wildman–Crippen LogP) is 2.62. The van der Waals surface area contributed by atoms with E-state index in [1.165, 1.54) is 5.56 Å². The summed E-state index contributed by atoms with van der Waals surface area (Å²) in [4.78, 5) is 11.6. The smallest absolute Gasteiger partial charge is 0.240 e. The molecule has 0 saturated carbocycles. The zero-order valence-electron chi connectivity index (χ0n) is 10.7. The highest BCUT2D eigenvalue weighted by Crippen LogP contribution is 2.24. The topological polar surface area (TPSA) is 55.1 Å². The summed E-state index contributed by atoms with van der Waals surface area (Å²) in [6, 6.07) is 7.75. The maximum absolute atomic E-state index is 11.6. The zero-order chi connectivity index (χ0) is 13.0. The van der Waals surface area contributed by atoms with Gasteiger partial charge in [-0.3, -0.25) is 4.79 Å². The van der Waals surface area contributed by atoms with Crippen molar-refractivity contribution in [3.05, 3.63) is 42.0 Å². The first-order valence-corrected chi connectivity index (χ1v) is 6.44. The summed E-state index contributed by atoms with van der Waals surface area (Å²) >= 11 is 0. The molecule has 0 heterocycles. The van der Waals surface area contributed by atoms with Crippen molar-refractivity contribution < 1.29 is 4.79 Å². The molecule has 96 valence electrons. The summed E-state index contributed by atoms with van der Waals surface area (Å²) in [5.74, 6) is 0.0322. The summed E-state index contributed by atoms with van der Waals surface area (Å²) in [6.07, 6.45) is 7.28. The Bertz CT molecular complexity index is 454. The Labute approximate surface area is 108 Å². The van der Waals surface area contributed by atoms with Crippen molar-refractivity contribution in [3.8, 4) is 0 Å². The Kier molecular flexibility index (Phi) is 4.03. The molecule has 0 aliphatic heterocycles. The minimum absolute atomic E-state index is 0.267. The van der Waals surface area contributed by atoms with E-state index in [9.17, 15) is 4.79 Å². The number of rotatable bonds is 4. The third-order valence-corrected chi connectivity index (χ3v) is 3.43. The van der Waals surface area contributed by atoms with Gasteiger partial charge in [0.05, 0.1) is 0 Å². The lowest BCUT2D eigenvalue weighted by atomic mass is 9.87. The van der Waals surface area contributed by atoms with Gasteiger partial charge in [0.1, 0.15) is 6.04 Å². The fraction of sp³-hybridized carbons (Fsp3) is 0.400. The van der Waals surface area contributed by atoms with Gasteiger partial charge in [0, 0.05) is 5.69 Å². The molecule has 2 unspecified atom stereocenters. The Morgan fingerprint density at radius 3 is 2.89 bits per heavy atom. The lowest BCUT2D eigenvalue weighted by molar-refractivity contribution is -0.119. The number of nitrogens with two attached hydrogens (primary N) is 1. The van der Waals surface area contributed by atoms with Crippen LogP contribution in [0.4, 0.5) is 5.69 Å². The van der Waals surface area contributed by atoms with Crippen LogP contribution < -0.4 is 11.1 Å². The van der Waals surface area contributed by atoms with Gasteiger partial charge in [-0.2, -0.15) is 0 Å². The van der Waals surface area contributed by atoms with Crippen LogP contribution >= 0.6 is 0 Å². The van der Waals surface area contributed by atoms with E-state index in [0.717, 1.165) is 24.9 Å². The average Bonchev–Trinajstić information content (AvgIpc) is 2.37. The number of nitrogens with one attached hydrogen (secondary N) is 1. The van der Waals surface area contributed by atoms with Gasteiger partial charge in [-0.05, 0) is 49.8 Å². The molecule has 3 N–H and O–H groups in total. The van der Waals surface area contributed by atoms with Crippen molar-refractivity contribution in [2.24, 2.45) is 11.7 Å². The maximum Gasteiger partial charge on any atom is 0.240 e. The number of amides is 1. The van der Waals surface area contributed by atoms with Gasteiger partial charge in [0.2, 0.25) is 5.91 Å². The molecule has 0 radical (unpaired) electrons. The lowest BCUT2D eigenvalue weighted by Gasteiger charge is -2.27. The fourth-order valence-corrected chi connectivity index (χ4v) is 2.46. The van der Waals surface area contributed by atoms with E-state index in [4.69, 9.17) is 5.73 Å². The van der Waals surface area contributed by atoms with Crippen molar-refractivity contribution in [1.29, 1.82) is 0 Å². The second-order valence-electron chi connectivity index (χ2n) is 4.94. The zero-order valence-corrected chi connectivity index (χ0v) is 10.7. The molecule has 0 spiro atoms. The van der Waals surface area contributed by atoms with Crippen molar-refractivity contribution in [3.63, 3.8) is 0 Å². The first-order valence-electron chi connectivity index (χ1n) is 6.44. The summed E-state index contributed by atoms with van der Waals surface area (Å²) in [5.41, 5.74) is 7.67. The summed E-state index contributed by atoms with van der Waals surface area (Å²) in [5, 5.41) is 3.28. The van der Waals surface area contributed by atoms with Gasteiger partial charge in [-0.15, -0.1) is 0 Å². The SMILES string of the molecule is Cc1cccc(NC(C(N)=O)C2CC=CCC2)c1. The van der Waals surface area contributed by atoms with Crippen molar-refractivity contribution in [2.45, 2.75) is 32.2 Å². The van der Waals surface area contributed by atoms with E-state index >= 15 is 0 Å². The molecule has 0 fully saturated rings. The molecule has 1 aliphatic rings. The summed E-state index contributed by atoms with van der Waals surface area (Å²) < 4.78 is 0. The predicted molar refractivity (Wildman–Crippen MR) is 74.3 cm³/mol. The van der Waals surface area contributed by atoms with Crippen LogP contribution in [0.2, 0.25) is 0 Å². The first kappa shape index (κ1) is 12.7. The molecule has 2 atom stereocenters. The molecule has 2 rings (SSSR count). The highest BCUT2D eigenvalue weighted by molar-refractivity contribution is 5.83. The van der Waals surface area contributed by atoms with Crippen LogP contribution in [0, 0.1) is 12.8 Å². The van der Waals surface area contributed by atoms with E-state index in [1.807, 2.05) is 31.2 Å². The molecule has 0 bridgehead atoms. The molecule has 1 aromatic carbocycles. The van der Waals surface area contributed by atoms with Crippen LogP contribution in [0.25, 0.3) is 0 Å². The normalized spacial score (nSPS) is 20.4. The van der Waals surface area contributed by atoms with Crippen LogP contribution in [-0.4, -0.2) is 11.9 Å². The number of primary amides is 1. The molecule has 1 aliphatic carbocycles. The van der Waals surface area contributed by atoms with Gasteiger partial charge in [-0.1, -0.05) is 24.3 Å². The average molecular weight is 244 g/mol. The molecule has 3 heteroatoms. The number of aryl methyl sites for hydroxylation is 1. The minimum atomic E-state index is -0.281. The number of benzene rings is 1. The second-order valence-corrected chi connectivity index (χ2v) is 4.94. The molecule has 3 nitrogen and oxygen atoms in total. The van der Waals surface area contributed by atoms with Gasteiger partial charge in [0.25, 0.3) is 0 Å². The fourth-order valence-electron chi connectivity index (χ4n) is 2.46. The molecule has 0 saturated heterocycles. The van der Waals surface area contributed by atoms with Crippen molar-refractivity contribution >= 4 is 11.6 Å². The van der Waals surface area contributed by atoms with E-state index in [0.29, 0.717) is 5.92 Å². The molecular formula is C15H20N2O. The molecule has 18 heavy (non-hydrogen) atoms. The number of allylic oxidation sites excluding steroid dienone is 2. The first-order chi connectivity index (χ1) is 8.66. The van der Waals surface area contributed by atoms with E-state index < -0.39 is 0 Å². The van der Waals surface area contributed by atoms with Crippen LogP contribution in [0.3, 0.4) is 0 Å². The molecule has 0 aromatic heterocycles. The number of hydrogen-bond acceptors (Lipinski definition) is 2. The maximum atomic E-state index is 11.6. The standard InChI is InChI=1S/C15H20N2O/c1-11-6-5-9-13(10-11)17-14(15(16)18)12-7-3-2-4-8-12/h2-3,5-6,9-10,12,14,17H,4,7-8H2,1H3,(H2,16,18). The largest absolute Gasteiger partial charge is 0.373 e. The minimum Gasteiger partial charge on any atom is -0.373 e. The molecule has 1 amide bonds. The van der Waals surface area contributed by atoms with Crippen LogP contribution in [0.1, 0.15) is 24.8 Å². The van der Waals surface area contributed by atoms with Crippen molar-refractivity contribution in [1.82, 2.24) is 0 Å². The Hall–Kier alpha value is -1.77. The summed E-state index contributed by atoms with van der Waals surface area (Å²) in [6.45, 7) is 2.04. The molecular weight excluding hydrogens is 224 g/mol. The van der Waals surface area contributed by atoms with E-state index in [1.54, 1.807) is 0 Å². The van der Waals surface area contributed by atoms with E-state index in [-0.39, 0.29) is 11.9 Å². The Morgan fingerprint density at radius 2 is 2.28 bits per heavy atom. The Balaban J connectivity index is 2.11. The van der Waals surface area contributed by atoms with Crippen molar-refractivity contribution in [2.75, 3.05) is 5.32 Å².